The molecule has 216 valence electrons. The standard InChI is InChI=1S/C32H44Cl2N2Si5/c1-37(2,29-21-13-9-14-22-29)35(38(3,4)30-23-15-10-16-24-30)41(33,34)36(39(5,6)31-25-17-11-18-26-31)40(7,8)32-27-19-12-20-28-32/h9-28H,1-8H3. The van der Waals surface area contributed by atoms with Gasteiger partial charge in [0.15, 0.2) is 0 Å². The van der Waals surface area contributed by atoms with Crippen molar-refractivity contribution >= 4 is 82.9 Å². The molecule has 0 heterocycles. The summed E-state index contributed by atoms with van der Waals surface area (Å²) in [5.74, 6) is 0. The van der Waals surface area contributed by atoms with Gasteiger partial charge in [0, 0.05) is 0 Å². The van der Waals surface area contributed by atoms with Gasteiger partial charge in [0.2, 0.25) is 0 Å². The molecule has 0 saturated heterocycles. The van der Waals surface area contributed by atoms with Gasteiger partial charge in [-0.15, -0.1) is 22.2 Å². The predicted molar refractivity (Wildman–Crippen MR) is 195 cm³/mol. The lowest BCUT2D eigenvalue weighted by atomic mass is 10.4. The molecule has 0 aliphatic rings. The molecule has 4 aromatic carbocycles. The molecule has 0 atom stereocenters. The van der Waals surface area contributed by atoms with Crippen molar-refractivity contribution in [3.63, 3.8) is 0 Å². The topological polar surface area (TPSA) is 6.48 Å². The molecule has 0 bridgehead atoms. The lowest BCUT2D eigenvalue weighted by Crippen LogP contribution is -2.88. The molecule has 0 amide bonds. The zero-order valence-electron chi connectivity index (χ0n) is 25.7. The second-order valence-corrected chi connectivity index (χ2v) is 37.8. The molecule has 0 aromatic heterocycles. The highest BCUT2D eigenvalue weighted by molar-refractivity contribution is 7.51. The van der Waals surface area contributed by atoms with Gasteiger partial charge in [-0.05, 0) is 20.7 Å². The summed E-state index contributed by atoms with van der Waals surface area (Å²) in [4.78, 5) is 0. The highest BCUT2D eigenvalue weighted by atomic mass is 35.7. The van der Waals surface area contributed by atoms with Crippen LogP contribution in [0.3, 0.4) is 0 Å². The molecular weight excluding hydrogens is 624 g/mol. The largest absolute Gasteiger partial charge is 0.383 e. The third kappa shape index (κ3) is 6.25. The van der Waals surface area contributed by atoms with E-state index in [1.54, 1.807) is 0 Å². The van der Waals surface area contributed by atoms with Gasteiger partial charge in [0.25, 0.3) is 0 Å². The van der Waals surface area contributed by atoms with Crippen molar-refractivity contribution in [2.24, 2.45) is 0 Å². The quantitative estimate of drug-likeness (QED) is 0.133. The molecule has 2 nitrogen and oxygen atoms in total. The first-order valence-electron chi connectivity index (χ1n) is 14.4. The fourth-order valence-corrected chi connectivity index (χ4v) is 54.7. The number of hydrogen-bond donors (Lipinski definition) is 0. The summed E-state index contributed by atoms with van der Waals surface area (Å²) in [5.41, 5.74) is 0. The third-order valence-electron chi connectivity index (χ3n) is 8.70. The second-order valence-electron chi connectivity index (χ2n) is 12.9. The Hall–Kier alpha value is -1.54. The zero-order valence-corrected chi connectivity index (χ0v) is 32.2. The Morgan fingerprint density at radius 2 is 0.512 bits per heavy atom. The minimum Gasteiger partial charge on any atom is -0.325 e. The van der Waals surface area contributed by atoms with E-state index in [1.165, 1.54) is 20.7 Å². The highest BCUT2D eigenvalue weighted by Gasteiger charge is 2.63. The van der Waals surface area contributed by atoms with Crippen LogP contribution in [-0.2, 0) is 0 Å². The Morgan fingerprint density at radius 3 is 0.683 bits per heavy atom. The highest BCUT2D eigenvalue weighted by Crippen LogP contribution is 2.40. The molecule has 0 saturated carbocycles. The minimum atomic E-state index is -3.38. The molecule has 0 radical (unpaired) electrons. The molecule has 0 N–H and O–H groups in total. The van der Waals surface area contributed by atoms with Crippen LogP contribution in [0.2, 0.25) is 52.4 Å². The number of benzene rings is 4. The van der Waals surface area contributed by atoms with E-state index < -0.39 is 40.0 Å². The summed E-state index contributed by atoms with van der Waals surface area (Å²) < 4.78 is 5.55. The van der Waals surface area contributed by atoms with Crippen molar-refractivity contribution in [1.82, 2.24) is 7.79 Å². The van der Waals surface area contributed by atoms with E-state index in [-0.39, 0.29) is 0 Å². The first kappa shape index (κ1) is 32.4. The van der Waals surface area contributed by atoms with Crippen LogP contribution in [0, 0.1) is 0 Å². The van der Waals surface area contributed by atoms with Gasteiger partial charge in [0.1, 0.15) is 32.9 Å². The average molecular weight is 668 g/mol. The van der Waals surface area contributed by atoms with Gasteiger partial charge in [-0.2, -0.15) is 0 Å². The molecule has 4 rings (SSSR count). The SMILES string of the molecule is C[Si](C)(c1ccccc1)N([Si](C)(C)c1ccccc1)[Si](Cl)(Cl)N([Si](C)(C)c1ccccc1)[Si](C)(C)c1ccccc1. The Bertz CT molecular complexity index is 1210. The van der Waals surface area contributed by atoms with E-state index in [0.29, 0.717) is 0 Å². The third-order valence-corrected chi connectivity index (χ3v) is 44.0. The van der Waals surface area contributed by atoms with Gasteiger partial charge in [-0.3, -0.25) is 0 Å². The molecule has 41 heavy (non-hydrogen) atoms. The first-order chi connectivity index (χ1) is 19.2. The number of hydrogen-bond acceptors (Lipinski definition) is 2. The van der Waals surface area contributed by atoms with Gasteiger partial charge in [-0.1, -0.05) is 174 Å². The van der Waals surface area contributed by atoms with Crippen molar-refractivity contribution in [1.29, 1.82) is 0 Å². The van der Waals surface area contributed by atoms with Crippen molar-refractivity contribution in [3.8, 4) is 0 Å². The van der Waals surface area contributed by atoms with Crippen molar-refractivity contribution < 1.29 is 0 Å². The van der Waals surface area contributed by atoms with Crippen molar-refractivity contribution in [3.05, 3.63) is 121 Å². The Balaban J connectivity index is 2.05. The van der Waals surface area contributed by atoms with Crippen molar-refractivity contribution in [2.45, 2.75) is 52.4 Å². The Kier molecular flexibility index (Phi) is 9.65. The summed E-state index contributed by atoms with van der Waals surface area (Å²) >= 11 is 16.6. The van der Waals surface area contributed by atoms with Gasteiger partial charge in [-0.25, -0.2) is 0 Å². The maximum Gasteiger partial charge on any atom is 0.383 e. The number of halogens is 2. The van der Waals surface area contributed by atoms with Crippen LogP contribution < -0.4 is 20.7 Å². The average Bonchev–Trinajstić information content (AvgIpc) is 2.94. The van der Waals surface area contributed by atoms with Crippen LogP contribution in [0.15, 0.2) is 121 Å². The summed E-state index contributed by atoms with van der Waals surface area (Å²) in [7, 11) is -12.9. The Labute approximate surface area is 262 Å². The van der Waals surface area contributed by atoms with Gasteiger partial charge in [0.05, 0.1) is 0 Å². The normalized spacial score (nSPS) is 13.6. The summed E-state index contributed by atoms with van der Waals surface area (Å²) in [6, 6.07) is 44.0. The minimum absolute atomic E-state index is 1.37. The van der Waals surface area contributed by atoms with E-state index in [1.807, 2.05) is 0 Å². The molecule has 0 fully saturated rings. The molecular formula is C32H44Cl2N2Si5. The zero-order chi connectivity index (χ0) is 30.1. The predicted octanol–water partition coefficient (Wildman–Crippen LogP) is 6.95. The molecule has 0 aliphatic carbocycles. The summed E-state index contributed by atoms with van der Waals surface area (Å²) in [6.45, 7) is 19.7. The molecule has 0 aliphatic heterocycles. The lowest BCUT2D eigenvalue weighted by Gasteiger charge is -2.61. The number of nitrogens with zero attached hydrogens (tertiary/aromatic N) is 2. The van der Waals surface area contributed by atoms with E-state index in [2.05, 4.69) is 181 Å². The molecule has 4 aromatic rings. The van der Waals surface area contributed by atoms with E-state index in [0.717, 1.165) is 0 Å². The smallest absolute Gasteiger partial charge is 0.325 e. The van der Waals surface area contributed by atoms with E-state index >= 15 is 0 Å². The Morgan fingerprint density at radius 1 is 0.341 bits per heavy atom. The second kappa shape index (κ2) is 12.2. The van der Waals surface area contributed by atoms with E-state index in [9.17, 15) is 0 Å². The van der Waals surface area contributed by atoms with Gasteiger partial charge < -0.3 is 7.79 Å². The molecule has 9 heteroatoms. The van der Waals surface area contributed by atoms with Crippen molar-refractivity contribution in [2.75, 3.05) is 0 Å². The summed E-state index contributed by atoms with van der Waals surface area (Å²) in [6.07, 6.45) is 0. The maximum atomic E-state index is 8.30. The molecule has 0 unspecified atom stereocenters. The monoisotopic (exact) mass is 666 g/mol. The maximum absolute atomic E-state index is 8.30. The molecule has 0 spiro atoms. The summed E-state index contributed by atoms with van der Waals surface area (Å²) in [5, 5.41) is 5.47. The van der Waals surface area contributed by atoms with Gasteiger partial charge >= 0.3 is 7.02 Å². The van der Waals surface area contributed by atoms with E-state index in [4.69, 9.17) is 22.2 Å². The first-order valence-corrected chi connectivity index (χ1v) is 30.1. The number of rotatable bonds is 10. The van der Waals surface area contributed by atoms with Crippen LogP contribution in [0.25, 0.3) is 0 Å². The lowest BCUT2D eigenvalue weighted by molar-refractivity contribution is 0.825. The van der Waals surface area contributed by atoms with Crippen LogP contribution in [0.1, 0.15) is 0 Å². The van der Waals surface area contributed by atoms with Crippen LogP contribution in [-0.4, -0.2) is 47.8 Å². The van der Waals surface area contributed by atoms with Crippen LogP contribution >= 0.6 is 22.2 Å². The fraction of sp³-hybridized carbons (Fsp3) is 0.250. The van der Waals surface area contributed by atoms with Crippen LogP contribution in [0.5, 0.6) is 0 Å². The van der Waals surface area contributed by atoms with Crippen LogP contribution in [0.4, 0.5) is 0 Å². The fourth-order valence-electron chi connectivity index (χ4n) is 6.74.